The minimum absolute atomic E-state index is 0.713. The normalized spacial score (nSPS) is 11.5. The van der Waals surface area contributed by atoms with Crippen LogP contribution in [0.1, 0.15) is 123 Å². The number of aromatic nitrogens is 3. The van der Waals surface area contributed by atoms with Gasteiger partial charge in [0.25, 0.3) is 0 Å². The van der Waals surface area contributed by atoms with Crippen molar-refractivity contribution in [2.45, 2.75) is 139 Å². The van der Waals surface area contributed by atoms with Gasteiger partial charge in [-0.05, 0) is 77.7 Å². The Hall–Kier alpha value is -3.19. The van der Waals surface area contributed by atoms with Crippen molar-refractivity contribution in [1.29, 1.82) is 0 Å². The number of nitrogens with zero attached hydrogens (tertiary/aromatic N) is 3. The summed E-state index contributed by atoms with van der Waals surface area (Å²) in [4.78, 5) is 25.4. The van der Waals surface area contributed by atoms with Crippen molar-refractivity contribution in [1.82, 2.24) is 15.0 Å². The molecule has 0 bridgehead atoms. The van der Waals surface area contributed by atoms with Crippen LogP contribution in [0.3, 0.4) is 0 Å². The number of thiophene rings is 7. The molecule has 0 amide bonds. The molecule has 0 spiro atoms. The molecule has 408 valence electrons. The molecule has 10 aromatic heterocycles. The van der Waals surface area contributed by atoms with Gasteiger partial charge in [0.2, 0.25) is 17.6 Å². The second kappa shape index (κ2) is 30.6. The van der Waals surface area contributed by atoms with Crippen molar-refractivity contribution in [2.75, 3.05) is 19.8 Å². The summed E-state index contributed by atoms with van der Waals surface area (Å²) in [6, 6.07) is 31.2. The maximum atomic E-state index is 5.80. The molecule has 0 aliphatic carbocycles. The van der Waals surface area contributed by atoms with Gasteiger partial charge in [-0.25, -0.2) is 15.0 Å². The van der Waals surface area contributed by atoms with Crippen molar-refractivity contribution >= 4 is 147 Å². The summed E-state index contributed by atoms with van der Waals surface area (Å²) in [6.45, 7) is 18.0. The Morgan fingerprint density at radius 1 is 0.390 bits per heavy atom. The van der Waals surface area contributed by atoms with Crippen LogP contribution in [-0.2, 0) is 0 Å². The molecule has 0 radical (unpaired) electrons. The van der Waals surface area contributed by atoms with E-state index in [2.05, 4.69) is 170 Å². The van der Waals surface area contributed by atoms with E-state index >= 15 is 0 Å². The predicted molar refractivity (Wildman–Crippen MR) is 350 cm³/mol. The van der Waals surface area contributed by atoms with Crippen LogP contribution in [0.2, 0.25) is 13.3 Å². The molecular weight excluding hydrogens is 1260 g/mol. The first-order valence-electron chi connectivity index (χ1n) is 27.7. The molecule has 0 aliphatic heterocycles. The molecule has 10 rings (SSSR count). The van der Waals surface area contributed by atoms with E-state index < -0.39 is 18.4 Å². The van der Waals surface area contributed by atoms with Gasteiger partial charge < -0.3 is 14.2 Å². The van der Waals surface area contributed by atoms with Gasteiger partial charge >= 0.3 is 162 Å². The van der Waals surface area contributed by atoms with E-state index in [1.807, 2.05) is 61.6 Å². The number of unbranched alkanes of at least 4 members (excludes halogenated alkanes) is 6. The summed E-state index contributed by atoms with van der Waals surface area (Å²) >= 11 is 14.3. The molecule has 10 aromatic rings. The Morgan fingerprint density at radius 2 is 0.753 bits per heavy atom. The molecule has 0 N–H and O–H groups in total. The number of pyridine rings is 3. The van der Waals surface area contributed by atoms with Crippen LogP contribution in [0, 0.1) is 6.92 Å². The van der Waals surface area contributed by atoms with Crippen molar-refractivity contribution < 1.29 is 14.2 Å². The van der Waals surface area contributed by atoms with Gasteiger partial charge in [0.15, 0.2) is 0 Å². The summed E-state index contributed by atoms with van der Waals surface area (Å²) < 4.78 is 28.4. The number of rotatable bonds is 26. The van der Waals surface area contributed by atoms with Crippen molar-refractivity contribution in [3.05, 3.63) is 112 Å². The third-order valence-corrected chi connectivity index (χ3v) is 40.5. The van der Waals surface area contributed by atoms with E-state index in [0.29, 0.717) is 11.8 Å². The van der Waals surface area contributed by atoms with Gasteiger partial charge in [-0.2, -0.15) is 0 Å². The van der Waals surface area contributed by atoms with Crippen LogP contribution in [0.4, 0.5) is 0 Å². The molecule has 0 saturated carbocycles. The van der Waals surface area contributed by atoms with Crippen LogP contribution >= 0.6 is 95.3 Å². The number of ether oxygens (including phenoxy) is 3. The third-order valence-electron chi connectivity index (χ3n) is 13.4. The second-order valence-corrected chi connectivity index (χ2v) is 42.9. The number of hydrogen-bond donors (Lipinski definition) is 0. The Morgan fingerprint density at radius 3 is 1.17 bits per heavy atom. The van der Waals surface area contributed by atoms with E-state index in [4.69, 9.17) is 14.2 Å². The van der Waals surface area contributed by atoms with E-state index in [1.165, 1.54) is 113 Å². The third kappa shape index (κ3) is 16.7. The summed E-state index contributed by atoms with van der Waals surface area (Å²) in [5.74, 6) is 2.15. The zero-order chi connectivity index (χ0) is 54.0. The quantitative estimate of drug-likeness (QED) is 0.0398. The fourth-order valence-electron chi connectivity index (χ4n) is 9.00. The number of fused-ring (bicyclic) bond motifs is 3. The maximum absolute atomic E-state index is 5.80. The average Bonchev–Trinajstić information content (AvgIpc) is 4.32. The van der Waals surface area contributed by atoms with E-state index in [9.17, 15) is 0 Å². The first-order valence-corrected chi connectivity index (χ1v) is 41.7. The van der Waals surface area contributed by atoms with Crippen molar-refractivity contribution in [3.63, 3.8) is 0 Å². The fraction of sp³-hybridized carbons (Fsp3) is 0.403. The molecule has 0 atom stereocenters. The van der Waals surface area contributed by atoms with Gasteiger partial charge in [-0.3, -0.25) is 0 Å². The molecule has 0 fully saturated rings. The average molecular weight is 1330 g/mol. The van der Waals surface area contributed by atoms with E-state index in [-0.39, 0.29) is 0 Å². The topological polar surface area (TPSA) is 66.4 Å². The molecule has 0 aromatic carbocycles. The van der Waals surface area contributed by atoms with Crippen molar-refractivity contribution in [2.24, 2.45) is 0 Å². The SMILES string of the molecule is CCCCOc1cc2cc(-c3ccc(-c4ccc(-c5cc6cc(OCCCC)ncc6s5)s4)s3)sc2cn1.CCCCOc1cc2cc(Br)sc2cn1.CCC[CH2][Sn]([CH2]CCC)([CH2]CCC)[c]1ccc(-c2ccc(C)s2)s1. The van der Waals surface area contributed by atoms with Gasteiger partial charge in [-0.1, -0.05) is 40.0 Å². The van der Waals surface area contributed by atoms with Crippen LogP contribution in [-0.4, -0.2) is 53.1 Å². The van der Waals surface area contributed by atoms with Crippen molar-refractivity contribution in [3.8, 4) is 56.7 Å². The zero-order valence-corrected chi connectivity index (χ0v) is 56.0. The Labute approximate surface area is 498 Å². The number of hydrogen-bond acceptors (Lipinski definition) is 13. The molecular formula is C62H74BrN3O3S7Sn. The minimum atomic E-state index is -2.21. The van der Waals surface area contributed by atoms with E-state index in [1.54, 1.807) is 47.3 Å². The molecule has 0 saturated heterocycles. The van der Waals surface area contributed by atoms with E-state index in [0.717, 1.165) is 68.0 Å². The van der Waals surface area contributed by atoms with Crippen LogP contribution in [0.5, 0.6) is 17.6 Å². The van der Waals surface area contributed by atoms with Gasteiger partial charge in [0, 0.05) is 82.2 Å². The molecule has 0 unspecified atom stereocenters. The van der Waals surface area contributed by atoms with Crippen LogP contribution < -0.4 is 17.1 Å². The zero-order valence-electron chi connectivity index (χ0n) is 45.8. The Bertz CT molecular complexity index is 3220. The number of halogens is 1. The summed E-state index contributed by atoms with van der Waals surface area (Å²) in [5.41, 5.74) is 0. The van der Waals surface area contributed by atoms with Gasteiger partial charge in [0.05, 0.1) is 37.7 Å². The monoisotopic (exact) mass is 1330 g/mol. The van der Waals surface area contributed by atoms with Crippen LogP contribution in [0.25, 0.3) is 69.3 Å². The van der Waals surface area contributed by atoms with Gasteiger partial charge in [-0.15, -0.1) is 56.7 Å². The molecule has 0 aliphatic rings. The summed E-state index contributed by atoms with van der Waals surface area (Å²) in [7, 11) is 0. The Kier molecular flexibility index (Phi) is 23.8. The predicted octanol–water partition coefficient (Wildman–Crippen LogP) is 22.5. The van der Waals surface area contributed by atoms with Crippen LogP contribution in [0.15, 0.2) is 107 Å². The Balaban J connectivity index is 0.000000171. The molecule has 77 heavy (non-hydrogen) atoms. The standard InChI is InChI=1S/C30H28N2O2S4.C11H12BrNOS.C9H7S2.3C4H9.Sn/c1-3-5-11-33-29-15-19-13-25(37-27(19)17-31-29)23-9-7-21(35-23)22-8-10-24(36-22)26-14-20-16-30(34-12-6-4-2)32-18-28(20)38-26;1-2-3-4-14-11-6-8-5-10(12)15-9(8)7-13-11;1-7-4-5-9(11-7)8-3-2-6-10-8;3*1-3-4-2;/h7-10,13-18H,3-6,11-12H2,1-2H3;5-7H,2-4H2,1H3;2-5H,1H3;3*1,3-4H2,2H3;. The second-order valence-electron chi connectivity index (χ2n) is 19.6. The summed E-state index contributed by atoms with van der Waals surface area (Å²) in [5, 5.41) is 3.57. The van der Waals surface area contributed by atoms with Gasteiger partial charge in [0.1, 0.15) is 0 Å². The molecule has 15 heteroatoms. The summed E-state index contributed by atoms with van der Waals surface area (Å²) in [6.07, 6.45) is 20.7. The first kappa shape index (κ1) is 59.9. The first-order chi connectivity index (χ1) is 37.6. The fourth-order valence-corrected chi connectivity index (χ4v) is 35.9. The number of aryl methyl sites for hydroxylation is 1. The molecule has 6 nitrogen and oxygen atoms in total. The molecule has 10 heterocycles.